The zero-order chi connectivity index (χ0) is 18.9. The van der Waals surface area contributed by atoms with Crippen molar-refractivity contribution in [3.05, 3.63) is 64.5 Å². The number of rotatable bonds is 4. The van der Waals surface area contributed by atoms with Gasteiger partial charge in [-0.25, -0.2) is 13.4 Å². The van der Waals surface area contributed by atoms with Crippen molar-refractivity contribution in [1.82, 2.24) is 4.98 Å². The van der Waals surface area contributed by atoms with Gasteiger partial charge < -0.3 is 0 Å². The number of hydrogen-bond donors (Lipinski definition) is 1. The molecule has 26 heavy (non-hydrogen) atoms. The molecule has 0 unspecified atom stereocenters. The molecule has 0 saturated carbocycles. The molecule has 0 aliphatic carbocycles. The van der Waals surface area contributed by atoms with E-state index in [0.29, 0.717) is 16.4 Å². The monoisotopic (exact) mass is 386 g/mol. The Balaban J connectivity index is 1.78. The van der Waals surface area contributed by atoms with Crippen molar-refractivity contribution in [2.45, 2.75) is 18.7 Å². The Hall–Kier alpha value is -2.51. The van der Waals surface area contributed by atoms with Crippen LogP contribution in [0.4, 0.5) is 5.13 Å². The maximum Gasteiger partial charge on any atom is 0.257 e. The highest BCUT2D eigenvalue weighted by Crippen LogP contribution is 2.26. The molecule has 0 aliphatic rings. The van der Waals surface area contributed by atoms with Crippen LogP contribution in [-0.4, -0.2) is 25.6 Å². The summed E-state index contributed by atoms with van der Waals surface area (Å²) in [4.78, 5) is 17.1. The zero-order valence-electron chi connectivity index (χ0n) is 14.6. The molecule has 0 aliphatic heterocycles. The van der Waals surface area contributed by atoms with Crippen LogP contribution in [0.3, 0.4) is 0 Å². The molecule has 1 amide bonds. The van der Waals surface area contributed by atoms with Gasteiger partial charge in [0.1, 0.15) is 0 Å². The Morgan fingerprint density at radius 3 is 2.23 bits per heavy atom. The van der Waals surface area contributed by atoms with Crippen molar-refractivity contribution in [3.8, 4) is 11.3 Å². The number of aryl methyl sites for hydroxylation is 2. The van der Waals surface area contributed by atoms with Crippen LogP contribution in [0.2, 0.25) is 0 Å². The molecule has 1 aromatic heterocycles. The van der Waals surface area contributed by atoms with Crippen molar-refractivity contribution < 1.29 is 13.2 Å². The third kappa shape index (κ3) is 4.17. The number of hydrogen-bond acceptors (Lipinski definition) is 5. The summed E-state index contributed by atoms with van der Waals surface area (Å²) in [5.74, 6) is -0.204. The van der Waals surface area contributed by atoms with Gasteiger partial charge in [0.15, 0.2) is 15.0 Å². The lowest BCUT2D eigenvalue weighted by Crippen LogP contribution is -2.12. The SMILES string of the molecule is Cc1cc(C)cc(C(=O)Nc2nc(-c3ccc(S(C)(=O)=O)cc3)cs2)c1. The fourth-order valence-corrected chi connectivity index (χ4v) is 3.96. The Morgan fingerprint density at radius 1 is 1.04 bits per heavy atom. The number of benzene rings is 2. The molecule has 5 nitrogen and oxygen atoms in total. The second-order valence-corrected chi connectivity index (χ2v) is 9.04. The number of carbonyl (C=O) groups excluding carboxylic acids is 1. The van der Waals surface area contributed by atoms with Gasteiger partial charge in [-0.15, -0.1) is 11.3 Å². The summed E-state index contributed by atoms with van der Waals surface area (Å²) < 4.78 is 23.1. The van der Waals surface area contributed by atoms with Gasteiger partial charge in [0, 0.05) is 22.8 Å². The second-order valence-electron chi connectivity index (χ2n) is 6.16. The summed E-state index contributed by atoms with van der Waals surface area (Å²) in [6.45, 7) is 3.90. The predicted octanol–water partition coefficient (Wildman–Crippen LogP) is 4.08. The Labute approximate surface area is 156 Å². The second kappa shape index (κ2) is 7.01. The minimum Gasteiger partial charge on any atom is -0.298 e. The Kier molecular flexibility index (Phi) is 4.93. The Morgan fingerprint density at radius 2 is 1.65 bits per heavy atom. The van der Waals surface area contributed by atoms with Crippen LogP contribution in [0.15, 0.2) is 52.7 Å². The first kappa shape index (κ1) is 18.3. The van der Waals surface area contributed by atoms with E-state index in [1.807, 2.05) is 37.4 Å². The van der Waals surface area contributed by atoms with E-state index in [1.54, 1.807) is 24.3 Å². The van der Waals surface area contributed by atoms with E-state index in [1.165, 1.54) is 17.6 Å². The van der Waals surface area contributed by atoms with Crippen LogP contribution < -0.4 is 5.32 Å². The number of aromatic nitrogens is 1. The lowest BCUT2D eigenvalue weighted by atomic mass is 10.1. The first-order chi connectivity index (χ1) is 12.2. The largest absolute Gasteiger partial charge is 0.298 e. The molecule has 3 aromatic rings. The summed E-state index contributed by atoms with van der Waals surface area (Å²) in [5.41, 5.74) is 4.13. The normalized spacial score (nSPS) is 11.3. The number of thiazole rings is 1. The highest BCUT2D eigenvalue weighted by molar-refractivity contribution is 7.90. The van der Waals surface area contributed by atoms with E-state index in [0.717, 1.165) is 16.7 Å². The molecule has 2 aromatic carbocycles. The predicted molar refractivity (Wildman–Crippen MR) is 105 cm³/mol. The lowest BCUT2D eigenvalue weighted by molar-refractivity contribution is 0.102. The highest BCUT2D eigenvalue weighted by Gasteiger charge is 2.12. The fraction of sp³-hybridized carbons (Fsp3) is 0.158. The van der Waals surface area contributed by atoms with Gasteiger partial charge in [-0.05, 0) is 38.1 Å². The van der Waals surface area contributed by atoms with E-state index in [9.17, 15) is 13.2 Å². The van der Waals surface area contributed by atoms with Crippen molar-refractivity contribution in [1.29, 1.82) is 0 Å². The number of nitrogens with zero attached hydrogens (tertiary/aromatic N) is 1. The van der Waals surface area contributed by atoms with Crippen molar-refractivity contribution >= 4 is 32.2 Å². The molecule has 0 spiro atoms. The van der Waals surface area contributed by atoms with Crippen LogP contribution in [0.1, 0.15) is 21.5 Å². The van der Waals surface area contributed by atoms with Gasteiger partial charge in [0.05, 0.1) is 10.6 Å². The topological polar surface area (TPSA) is 76.1 Å². The number of sulfone groups is 1. The smallest absolute Gasteiger partial charge is 0.257 e. The zero-order valence-corrected chi connectivity index (χ0v) is 16.2. The standard InChI is InChI=1S/C19H18N2O3S2/c1-12-8-13(2)10-15(9-12)18(22)21-19-20-17(11-25-19)14-4-6-16(7-5-14)26(3,23)24/h4-11H,1-3H3,(H,20,21,22). The van der Waals surface area contributed by atoms with Crippen LogP contribution in [0.5, 0.6) is 0 Å². The maximum atomic E-state index is 12.4. The first-order valence-corrected chi connectivity index (χ1v) is 10.7. The quantitative estimate of drug-likeness (QED) is 0.733. The summed E-state index contributed by atoms with van der Waals surface area (Å²) in [6.07, 6.45) is 1.17. The Bertz CT molecular complexity index is 1050. The maximum absolute atomic E-state index is 12.4. The summed E-state index contributed by atoms with van der Waals surface area (Å²) in [6, 6.07) is 12.2. The average molecular weight is 386 g/mol. The molecule has 0 radical (unpaired) electrons. The number of amides is 1. The molecule has 7 heteroatoms. The highest BCUT2D eigenvalue weighted by atomic mass is 32.2. The molecular weight excluding hydrogens is 368 g/mol. The molecule has 134 valence electrons. The third-order valence-corrected chi connectivity index (χ3v) is 5.67. The fourth-order valence-electron chi connectivity index (χ4n) is 2.61. The molecule has 0 fully saturated rings. The summed E-state index contributed by atoms with van der Waals surface area (Å²) in [5, 5.41) is 5.13. The van der Waals surface area contributed by atoms with E-state index in [2.05, 4.69) is 10.3 Å². The van der Waals surface area contributed by atoms with Crippen molar-refractivity contribution in [3.63, 3.8) is 0 Å². The molecule has 1 heterocycles. The minimum absolute atomic E-state index is 0.204. The molecule has 0 bridgehead atoms. The number of carbonyl (C=O) groups is 1. The van der Waals surface area contributed by atoms with Crippen LogP contribution in [0, 0.1) is 13.8 Å². The molecule has 3 rings (SSSR count). The molecular formula is C19H18N2O3S2. The van der Waals surface area contributed by atoms with Gasteiger partial charge in [-0.3, -0.25) is 10.1 Å². The van der Waals surface area contributed by atoms with Gasteiger partial charge in [0.2, 0.25) is 0 Å². The minimum atomic E-state index is -3.23. The van der Waals surface area contributed by atoms with Gasteiger partial charge in [0.25, 0.3) is 5.91 Å². The van der Waals surface area contributed by atoms with Crippen LogP contribution in [-0.2, 0) is 9.84 Å². The lowest BCUT2D eigenvalue weighted by Gasteiger charge is -2.04. The van der Waals surface area contributed by atoms with Gasteiger partial charge in [-0.1, -0.05) is 29.3 Å². The van der Waals surface area contributed by atoms with E-state index in [4.69, 9.17) is 0 Å². The number of nitrogens with one attached hydrogen (secondary N) is 1. The first-order valence-electron chi connectivity index (χ1n) is 7.88. The van der Waals surface area contributed by atoms with E-state index in [-0.39, 0.29) is 10.8 Å². The molecule has 0 saturated heterocycles. The third-order valence-electron chi connectivity index (χ3n) is 3.79. The van der Waals surface area contributed by atoms with Gasteiger partial charge in [-0.2, -0.15) is 0 Å². The van der Waals surface area contributed by atoms with E-state index < -0.39 is 9.84 Å². The summed E-state index contributed by atoms with van der Waals surface area (Å²) in [7, 11) is -3.23. The van der Waals surface area contributed by atoms with E-state index >= 15 is 0 Å². The summed E-state index contributed by atoms with van der Waals surface area (Å²) >= 11 is 1.32. The van der Waals surface area contributed by atoms with Crippen LogP contribution in [0.25, 0.3) is 11.3 Å². The molecule has 0 atom stereocenters. The van der Waals surface area contributed by atoms with Gasteiger partial charge >= 0.3 is 0 Å². The number of anilines is 1. The van der Waals surface area contributed by atoms with Crippen molar-refractivity contribution in [2.24, 2.45) is 0 Å². The molecule has 1 N–H and O–H groups in total. The average Bonchev–Trinajstić information content (AvgIpc) is 3.01. The van der Waals surface area contributed by atoms with Crippen LogP contribution >= 0.6 is 11.3 Å². The van der Waals surface area contributed by atoms with Crippen molar-refractivity contribution in [2.75, 3.05) is 11.6 Å².